The first kappa shape index (κ1) is 26.7. The minimum atomic E-state index is -3.76. The molecule has 2 N–H and O–H groups in total. The molecule has 11 heteroatoms. The first-order chi connectivity index (χ1) is 16.0. The van der Waals surface area contributed by atoms with E-state index in [1.165, 1.54) is 13.3 Å². The topological polar surface area (TPSA) is 126 Å². The Labute approximate surface area is 200 Å². The molecule has 0 heterocycles. The lowest BCUT2D eigenvalue weighted by atomic mass is 10.2. The number of carbonyl (C=O) groups excluding carboxylic acids is 2. The third-order valence-corrected chi connectivity index (χ3v) is 5.52. The van der Waals surface area contributed by atoms with Gasteiger partial charge in [-0.2, -0.15) is 5.10 Å². The quantitative estimate of drug-likeness (QED) is 0.366. The fraction of sp³-hybridized carbons (Fsp3) is 0.348. The van der Waals surface area contributed by atoms with Gasteiger partial charge in [-0.25, -0.2) is 13.8 Å². The number of hydrogen-bond donors (Lipinski definition) is 2. The molecule has 184 valence electrons. The molecule has 0 aliphatic heterocycles. The normalized spacial score (nSPS) is 11.4. The van der Waals surface area contributed by atoms with Crippen LogP contribution in [0, 0.1) is 6.92 Å². The number of anilines is 1. The number of aryl methyl sites for hydroxylation is 1. The van der Waals surface area contributed by atoms with Crippen molar-refractivity contribution >= 4 is 33.7 Å². The van der Waals surface area contributed by atoms with Crippen LogP contribution >= 0.6 is 0 Å². The molecule has 0 aliphatic carbocycles. The first-order valence-corrected chi connectivity index (χ1v) is 12.3. The maximum absolute atomic E-state index is 12.4. The van der Waals surface area contributed by atoms with Crippen LogP contribution in [0.1, 0.15) is 25.0 Å². The summed E-state index contributed by atoms with van der Waals surface area (Å²) in [5, 5.41) is 6.62. The van der Waals surface area contributed by atoms with E-state index in [-0.39, 0.29) is 24.2 Å². The molecule has 34 heavy (non-hydrogen) atoms. The fourth-order valence-electron chi connectivity index (χ4n) is 2.88. The van der Waals surface area contributed by atoms with Gasteiger partial charge in [0.05, 0.1) is 25.3 Å². The molecule has 10 nitrogen and oxygen atoms in total. The smallest absolute Gasteiger partial charge is 0.260 e. The highest BCUT2D eigenvalue weighted by Gasteiger charge is 2.24. The van der Waals surface area contributed by atoms with Crippen LogP contribution in [0.5, 0.6) is 11.5 Å². The van der Waals surface area contributed by atoms with Crippen molar-refractivity contribution in [2.24, 2.45) is 5.10 Å². The number of nitrogens with zero attached hydrogens (tertiary/aromatic N) is 2. The average Bonchev–Trinajstić information content (AvgIpc) is 2.75. The van der Waals surface area contributed by atoms with Gasteiger partial charge in [-0.3, -0.25) is 13.9 Å². The van der Waals surface area contributed by atoms with Crippen LogP contribution < -0.4 is 24.5 Å². The second kappa shape index (κ2) is 12.0. The van der Waals surface area contributed by atoms with Crippen LogP contribution in [0.2, 0.25) is 0 Å². The standard InChI is InChI=1S/C23H30N4O6S/c1-16(2)25-23(29)15-33-19-9-7-18(8-10-19)13-24-26-22(28)14-27(34(5,30)31)20-12-17(3)6-11-21(20)32-4/h6-13,16H,14-15H2,1-5H3,(H,25,29)(H,26,28)/b24-13-. The Morgan fingerprint density at radius 3 is 2.38 bits per heavy atom. The van der Waals surface area contributed by atoms with Crippen LogP contribution in [0.25, 0.3) is 0 Å². The summed E-state index contributed by atoms with van der Waals surface area (Å²) in [6, 6.07) is 11.8. The molecular formula is C23H30N4O6S. The highest BCUT2D eigenvalue weighted by atomic mass is 32.2. The van der Waals surface area contributed by atoms with Gasteiger partial charge in [-0.15, -0.1) is 0 Å². The Balaban J connectivity index is 1.98. The van der Waals surface area contributed by atoms with Gasteiger partial charge in [-0.1, -0.05) is 6.07 Å². The van der Waals surface area contributed by atoms with Crippen molar-refractivity contribution in [3.05, 3.63) is 53.6 Å². The molecule has 0 bridgehead atoms. The molecular weight excluding hydrogens is 460 g/mol. The SMILES string of the molecule is COc1ccc(C)cc1N(CC(=O)N/N=C\c1ccc(OCC(=O)NC(C)C)cc1)S(C)(=O)=O. The molecule has 0 saturated heterocycles. The Morgan fingerprint density at radius 2 is 1.79 bits per heavy atom. The van der Waals surface area contributed by atoms with Gasteiger partial charge in [0.2, 0.25) is 10.0 Å². The summed E-state index contributed by atoms with van der Waals surface area (Å²) in [6.45, 7) is 4.97. The third kappa shape index (κ3) is 8.39. The number of rotatable bonds is 11. The summed E-state index contributed by atoms with van der Waals surface area (Å²) in [4.78, 5) is 24.0. The van der Waals surface area contributed by atoms with Gasteiger partial charge >= 0.3 is 0 Å². The number of methoxy groups -OCH3 is 1. The number of carbonyl (C=O) groups is 2. The summed E-state index contributed by atoms with van der Waals surface area (Å²) in [5.41, 5.74) is 4.08. The average molecular weight is 491 g/mol. The highest BCUT2D eigenvalue weighted by molar-refractivity contribution is 7.92. The van der Waals surface area contributed by atoms with Gasteiger partial charge in [0.1, 0.15) is 18.0 Å². The molecule has 0 aliphatic rings. The van der Waals surface area contributed by atoms with E-state index in [4.69, 9.17) is 9.47 Å². The zero-order chi connectivity index (χ0) is 25.3. The third-order valence-electron chi connectivity index (χ3n) is 4.39. The van der Waals surface area contributed by atoms with E-state index in [1.54, 1.807) is 42.5 Å². The van der Waals surface area contributed by atoms with Crippen LogP contribution in [-0.2, 0) is 19.6 Å². The van der Waals surface area contributed by atoms with Crippen molar-refractivity contribution < 1.29 is 27.5 Å². The summed E-state index contributed by atoms with van der Waals surface area (Å²) >= 11 is 0. The minimum Gasteiger partial charge on any atom is -0.495 e. The Morgan fingerprint density at radius 1 is 1.12 bits per heavy atom. The lowest BCUT2D eigenvalue weighted by Crippen LogP contribution is -2.39. The van der Waals surface area contributed by atoms with Gasteiger partial charge in [0.15, 0.2) is 6.61 Å². The molecule has 0 fully saturated rings. The number of ether oxygens (including phenoxy) is 2. The number of hydrazone groups is 1. The fourth-order valence-corrected chi connectivity index (χ4v) is 3.73. The first-order valence-electron chi connectivity index (χ1n) is 10.5. The van der Waals surface area contributed by atoms with Crippen molar-refractivity contribution in [2.75, 3.05) is 30.8 Å². The largest absolute Gasteiger partial charge is 0.495 e. The van der Waals surface area contributed by atoms with Gasteiger partial charge in [-0.05, 0) is 68.3 Å². The molecule has 2 aromatic carbocycles. The number of hydrogen-bond acceptors (Lipinski definition) is 7. The Hall–Kier alpha value is -3.60. The molecule has 2 amide bonds. The molecule has 0 saturated carbocycles. The zero-order valence-corrected chi connectivity index (χ0v) is 20.7. The Bertz CT molecular complexity index is 1130. The highest BCUT2D eigenvalue weighted by Crippen LogP contribution is 2.30. The number of sulfonamides is 1. The Kier molecular flexibility index (Phi) is 9.43. The van der Waals surface area contributed by atoms with E-state index in [9.17, 15) is 18.0 Å². The molecule has 2 aromatic rings. The molecule has 0 spiro atoms. The number of amides is 2. The molecule has 0 aromatic heterocycles. The molecule has 2 rings (SSSR count). The van der Waals surface area contributed by atoms with Crippen LogP contribution in [0.15, 0.2) is 47.6 Å². The van der Waals surface area contributed by atoms with Crippen molar-refractivity contribution in [3.8, 4) is 11.5 Å². The summed E-state index contributed by atoms with van der Waals surface area (Å²) < 4.78 is 36.3. The predicted molar refractivity (Wildman–Crippen MR) is 131 cm³/mol. The predicted octanol–water partition coefficient (Wildman–Crippen LogP) is 1.82. The van der Waals surface area contributed by atoms with E-state index in [0.29, 0.717) is 17.1 Å². The van der Waals surface area contributed by atoms with Crippen LogP contribution in [-0.4, -0.2) is 59.0 Å². The van der Waals surface area contributed by atoms with Crippen LogP contribution in [0.3, 0.4) is 0 Å². The van der Waals surface area contributed by atoms with Crippen LogP contribution in [0.4, 0.5) is 5.69 Å². The second-order valence-electron chi connectivity index (χ2n) is 7.82. The maximum atomic E-state index is 12.4. The monoisotopic (exact) mass is 490 g/mol. The zero-order valence-electron chi connectivity index (χ0n) is 19.9. The maximum Gasteiger partial charge on any atom is 0.260 e. The van der Waals surface area contributed by atoms with E-state index in [0.717, 1.165) is 16.1 Å². The van der Waals surface area contributed by atoms with E-state index in [2.05, 4.69) is 15.8 Å². The lowest BCUT2D eigenvalue weighted by molar-refractivity contribution is -0.123. The number of nitrogens with one attached hydrogen (secondary N) is 2. The second-order valence-corrected chi connectivity index (χ2v) is 9.72. The van der Waals surface area contributed by atoms with Gasteiger partial charge in [0, 0.05) is 6.04 Å². The summed E-state index contributed by atoms with van der Waals surface area (Å²) in [6.07, 6.45) is 2.42. The van der Waals surface area contributed by atoms with Gasteiger partial charge < -0.3 is 14.8 Å². The lowest BCUT2D eigenvalue weighted by Gasteiger charge is -2.23. The van der Waals surface area contributed by atoms with Crippen molar-refractivity contribution in [2.45, 2.75) is 26.8 Å². The van der Waals surface area contributed by atoms with Crippen molar-refractivity contribution in [1.82, 2.24) is 10.7 Å². The number of benzene rings is 2. The summed E-state index contributed by atoms with van der Waals surface area (Å²) in [7, 11) is -2.34. The van der Waals surface area contributed by atoms with Gasteiger partial charge in [0.25, 0.3) is 11.8 Å². The molecule has 0 unspecified atom stereocenters. The van der Waals surface area contributed by atoms with E-state index >= 15 is 0 Å². The molecule has 0 atom stereocenters. The summed E-state index contributed by atoms with van der Waals surface area (Å²) in [5.74, 6) is 0.00318. The van der Waals surface area contributed by atoms with E-state index < -0.39 is 22.5 Å². The molecule has 0 radical (unpaired) electrons. The van der Waals surface area contributed by atoms with E-state index in [1.807, 2.05) is 20.8 Å². The van der Waals surface area contributed by atoms with Crippen molar-refractivity contribution in [3.63, 3.8) is 0 Å². The van der Waals surface area contributed by atoms with Crippen molar-refractivity contribution in [1.29, 1.82) is 0 Å². The minimum absolute atomic E-state index is 0.0354.